The summed E-state index contributed by atoms with van der Waals surface area (Å²) < 4.78 is 4.85. The molecular formula is C10H21N2O9P. The lowest BCUT2D eigenvalue weighted by Gasteiger charge is -2.31. The standard InChI is InChI=1S/C10H21N2O9P/c1-4(15)12-22(20)21-10(9(19)6(17)3-14)7(11)8(18)5(16)2-13/h5-7,9-10,13-14,16-17,19-20H,2-3,11H2,1H3,(H,12,15)/t5?,6-,7+,9+,10-,22?/m1/s1. The van der Waals surface area contributed by atoms with Gasteiger partial charge in [0.2, 0.25) is 5.91 Å². The molecule has 0 heterocycles. The number of aliphatic hydroxyl groups excluding tert-OH is 5. The normalized spacial score (nSPS) is 19.6. The fourth-order valence-electron chi connectivity index (χ4n) is 1.42. The minimum atomic E-state index is -2.63. The molecule has 0 fully saturated rings. The average Bonchev–Trinajstić information content (AvgIpc) is 2.47. The number of carbonyl (C=O) groups excluding carboxylic acids is 2. The number of nitrogens with one attached hydrogen (secondary N) is 1. The third-order valence-electron chi connectivity index (χ3n) is 2.58. The van der Waals surface area contributed by atoms with Crippen LogP contribution in [0.2, 0.25) is 0 Å². The topological polar surface area (TPSA) is 203 Å². The molecule has 0 aromatic carbocycles. The molecule has 11 nitrogen and oxygen atoms in total. The summed E-state index contributed by atoms with van der Waals surface area (Å²) in [7, 11) is -2.63. The van der Waals surface area contributed by atoms with Crippen LogP contribution in [0.3, 0.4) is 0 Å². The zero-order valence-corrected chi connectivity index (χ0v) is 12.6. The van der Waals surface area contributed by atoms with Gasteiger partial charge in [0.15, 0.2) is 5.78 Å². The van der Waals surface area contributed by atoms with E-state index >= 15 is 0 Å². The van der Waals surface area contributed by atoms with Gasteiger partial charge >= 0.3 is 0 Å². The van der Waals surface area contributed by atoms with Crippen molar-refractivity contribution >= 4 is 20.2 Å². The Morgan fingerprint density at radius 1 is 1.23 bits per heavy atom. The molecule has 0 spiro atoms. The van der Waals surface area contributed by atoms with Crippen molar-refractivity contribution in [2.45, 2.75) is 37.4 Å². The first kappa shape index (κ1) is 21.2. The molecule has 0 aliphatic rings. The van der Waals surface area contributed by atoms with E-state index in [1.54, 1.807) is 0 Å². The van der Waals surface area contributed by atoms with E-state index in [1.807, 2.05) is 5.09 Å². The summed E-state index contributed by atoms with van der Waals surface area (Å²) in [6.07, 6.45) is -7.26. The Labute approximate surface area is 127 Å². The van der Waals surface area contributed by atoms with Gasteiger partial charge in [-0.2, -0.15) is 0 Å². The van der Waals surface area contributed by atoms with Crippen molar-refractivity contribution in [2.75, 3.05) is 13.2 Å². The summed E-state index contributed by atoms with van der Waals surface area (Å²) in [4.78, 5) is 32.0. The number of amides is 1. The van der Waals surface area contributed by atoms with Crippen LogP contribution < -0.4 is 10.8 Å². The molecule has 0 saturated carbocycles. The molecule has 130 valence electrons. The SMILES string of the molecule is CC(=O)NP(O)O[C@@H]([C@@H](O)[C@H](O)CO)[C@@H](N)C(=O)C(O)CO. The molecule has 22 heavy (non-hydrogen) atoms. The van der Waals surface area contributed by atoms with E-state index in [1.165, 1.54) is 0 Å². The summed E-state index contributed by atoms with van der Waals surface area (Å²) >= 11 is 0. The lowest BCUT2D eigenvalue weighted by Crippen LogP contribution is -2.56. The van der Waals surface area contributed by atoms with Gasteiger partial charge in [-0.05, 0) is 0 Å². The molecule has 0 rings (SSSR count). The van der Waals surface area contributed by atoms with E-state index in [0.29, 0.717) is 0 Å². The Morgan fingerprint density at radius 3 is 2.18 bits per heavy atom. The van der Waals surface area contributed by atoms with Crippen LogP contribution in [0.1, 0.15) is 6.92 Å². The highest BCUT2D eigenvalue weighted by Crippen LogP contribution is 2.30. The summed E-state index contributed by atoms with van der Waals surface area (Å²) in [5.74, 6) is -1.79. The van der Waals surface area contributed by atoms with E-state index in [-0.39, 0.29) is 0 Å². The van der Waals surface area contributed by atoms with Crippen molar-refractivity contribution in [2.24, 2.45) is 5.73 Å². The van der Waals surface area contributed by atoms with Gasteiger partial charge in [0.05, 0.1) is 19.3 Å². The van der Waals surface area contributed by atoms with Gasteiger partial charge in [-0.25, -0.2) is 0 Å². The predicted octanol–water partition coefficient (Wildman–Crippen LogP) is -4.31. The molecule has 12 heteroatoms. The summed E-state index contributed by atoms with van der Waals surface area (Å²) in [5.41, 5.74) is 5.50. The maximum absolute atomic E-state index is 11.7. The van der Waals surface area contributed by atoms with Crippen LogP contribution in [0.4, 0.5) is 0 Å². The van der Waals surface area contributed by atoms with E-state index in [2.05, 4.69) is 0 Å². The fraction of sp³-hybridized carbons (Fsp3) is 0.800. The number of ketones is 1. The molecule has 2 unspecified atom stereocenters. The molecule has 0 saturated heterocycles. The Kier molecular flexibility index (Phi) is 9.76. The van der Waals surface area contributed by atoms with Crippen molar-refractivity contribution in [3.05, 3.63) is 0 Å². The second-order valence-corrected chi connectivity index (χ2v) is 5.36. The quantitative estimate of drug-likeness (QED) is 0.179. The van der Waals surface area contributed by atoms with E-state index < -0.39 is 63.9 Å². The van der Waals surface area contributed by atoms with Crippen molar-refractivity contribution in [3.63, 3.8) is 0 Å². The third kappa shape index (κ3) is 6.57. The molecule has 0 aliphatic heterocycles. The fourth-order valence-corrected chi connectivity index (χ4v) is 2.23. The molecule has 1 amide bonds. The average molecular weight is 344 g/mol. The van der Waals surface area contributed by atoms with Gasteiger partial charge in [0.25, 0.3) is 8.53 Å². The van der Waals surface area contributed by atoms with Gasteiger partial charge in [-0.3, -0.25) is 14.7 Å². The Bertz CT molecular complexity index is 372. The Hall–Kier alpha value is -0.750. The lowest BCUT2D eigenvalue weighted by molar-refractivity contribution is -0.137. The highest BCUT2D eigenvalue weighted by atomic mass is 31.2. The van der Waals surface area contributed by atoms with Gasteiger partial charge in [0.1, 0.15) is 24.4 Å². The van der Waals surface area contributed by atoms with E-state index in [9.17, 15) is 29.8 Å². The summed E-state index contributed by atoms with van der Waals surface area (Å²) in [6.45, 7) is -0.755. The number of hydrogen-bond acceptors (Lipinski definition) is 10. The number of Topliss-reactive ketones (excluding diaryl/α,β-unsaturated/α-hetero) is 1. The first-order valence-electron chi connectivity index (χ1n) is 6.13. The second kappa shape index (κ2) is 10.1. The van der Waals surface area contributed by atoms with Crippen molar-refractivity contribution < 1.29 is 44.5 Å². The first-order valence-corrected chi connectivity index (χ1v) is 7.35. The Morgan fingerprint density at radius 2 is 1.77 bits per heavy atom. The van der Waals surface area contributed by atoms with Crippen LogP contribution in [-0.2, 0) is 14.1 Å². The molecule has 0 radical (unpaired) electrons. The molecule has 0 aliphatic carbocycles. The molecule has 9 N–H and O–H groups in total. The molecule has 0 aromatic heterocycles. The van der Waals surface area contributed by atoms with Crippen LogP contribution in [0, 0.1) is 0 Å². The minimum absolute atomic E-state index is 0.667. The van der Waals surface area contributed by atoms with Crippen molar-refractivity contribution in [1.82, 2.24) is 5.09 Å². The van der Waals surface area contributed by atoms with E-state index in [4.69, 9.17) is 20.5 Å². The van der Waals surface area contributed by atoms with Crippen molar-refractivity contribution in [3.8, 4) is 0 Å². The lowest BCUT2D eigenvalue weighted by atomic mass is 9.96. The first-order chi connectivity index (χ1) is 10.1. The van der Waals surface area contributed by atoms with Gasteiger partial charge in [-0.1, -0.05) is 0 Å². The zero-order chi connectivity index (χ0) is 17.4. The minimum Gasteiger partial charge on any atom is -0.394 e. The molecular weight excluding hydrogens is 323 g/mol. The van der Waals surface area contributed by atoms with Crippen LogP contribution in [0.15, 0.2) is 0 Å². The number of carbonyl (C=O) groups is 2. The maximum Gasteiger partial charge on any atom is 0.287 e. The summed E-state index contributed by atoms with van der Waals surface area (Å²) in [5, 5.41) is 47.9. The Balaban J connectivity index is 5.14. The molecule has 0 bridgehead atoms. The monoisotopic (exact) mass is 344 g/mol. The van der Waals surface area contributed by atoms with Crippen LogP contribution in [0.25, 0.3) is 0 Å². The highest BCUT2D eigenvalue weighted by Gasteiger charge is 2.39. The zero-order valence-electron chi connectivity index (χ0n) is 11.7. The van der Waals surface area contributed by atoms with Crippen LogP contribution >= 0.6 is 8.53 Å². The number of hydrogen-bond donors (Lipinski definition) is 8. The van der Waals surface area contributed by atoms with Gasteiger partial charge in [0, 0.05) is 6.92 Å². The van der Waals surface area contributed by atoms with Gasteiger partial charge in [-0.15, -0.1) is 0 Å². The largest absolute Gasteiger partial charge is 0.394 e. The van der Waals surface area contributed by atoms with E-state index in [0.717, 1.165) is 6.92 Å². The summed E-state index contributed by atoms with van der Waals surface area (Å²) in [6, 6.07) is -1.75. The number of rotatable bonds is 10. The van der Waals surface area contributed by atoms with Crippen LogP contribution in [-0.4, -0.2) is 85.8 Å². The smallest absolute Gasteiger partial charge is 0.287 e. The maximum atomic E-state index is 11.7. The predicted molar refractivity (Wildman–Crippen MR) is 73.0 cm³/mol. The van der Waals surface area contributed by atoms with Crippen molar-refractivity contribution in [1.29, 1.82) is 0 Å². The molecule has 6 atom stereocenters. The molecule has 0 aromatic rings. The van der Waals surface area contributed by atoms with Crippen LogP contribution in [0.5, 0.6) is 0 Å². The number of nitrogens with two attached hydrogens (primary N) is 1. The highest BCUT2D eigenvalue weighted by molar-refractivity contribution is 7.44. The third-order valence-corrected chi connectivity index (χ3v) is 3.53. The second-order valence-electron chi connectivity index (χ2n) is 4.38. The van der Waals surface area contributed by atoms with Gasteiger partial charge < -0.3 is 40.7 Å². The number of aliphatic hydroxyl groups is 5.